The van der Waals surface area contributed by atoms with Crippen LogP contribution in [0.2, 0.25) is 0 Å². The van der Waals surface area contributed by atoms with Gasteiger partial charge < -0.3 is 25.0 Å². The number of carbonyl (C=O) groups is 3. The largest absolute Gasteiger partial charge is 0.338 e. The van der Waals surface area contributed by atoms with Gasteiger partial charge in [0.25, 0.3) is 5.91 Å². The molecule has 0 bridgehead atoms. The molecule has 0 saturated carbocycles. The number of aldehydes is 1. The van der Waals surface area contributed by atoms with Crippen LogP contribution in [-0.4, -0.2) is 140 Å². The van der Waals surface area contributed by atoms with Crippen molar-refractivity contribution in [2.24, 2.45) is 11.0 Å². The Morgan fingerprint density at radius 3 is 2.35 bits per heavy atom. The molecule has 0 spiro atoms. The fourth-order valence-electron chi connectivity index (χ4n) is 6.83. The van der Waals surface area contributed by atoms with Crippen molar-refractivity contribution in [3.05, 3.63) is 70.5 Å². The SMILES string of the molecule is CN/N=C(/Cc1ccc(F)c(C(=O)N2CCN(C(=O)CN3CCC(CN4CCN(C)C(C)C4)CC3)CC2)c1)c1ccccc1C=O. The number of hydrazone groups is 1. The number of rotatable bonds is 10. The van der Waals surface area contributed by atoms with Crippen molar-refractivity contribution in [3.8, 4) is 0 Å². The summed E-state index contributed by atoms with van der Waals surface area (Å²) in [6.07, 6.45) is 3.32. The van der Waals surface area contributed by atoms with Crippen LogP contribution in [0.3, 0.4) is 0 Å². The summed E-state index contributed by atoms with van der Waals surface area (Å²) >= 11 is 0. The molecule has 3 aliphatic rings. The lowest BCUT2D eigenvalue weighted by Crippen LogP contribution is -2.54. The standard InChI is InChI=1S/C35H48FN7O3/c1-26-22-41(15-14-39(26)3)23-27-10-12-40(13-11-27)24-34(45)42-16-18-43(19-17-42)35(46)31-20-28(8-9-32(31)36)21-33(38-37-2)30-7-5-4-6-29(30)25-44/h4-9,20,25-27,37H,10-19,21-24H2,1-3H3/b38-33-. The third-order valence-electron chi connectivity index (χ3n) is 9.82. The zero-order valence-electron chi connectivity index (χ0n) is 27.5. The highest BCUT2D eigenvalue weighted by molar-refractivity contribution is 6.07. The molecule has 11 heteroatoms. The number of halogens is 1. The summed E-state index contributed by atoms with van der Waals surface area (Å²) in [5, 5.41) is 4.36. The summed E-state index contributed by atoms with van der Waals surface area (Å²) in [4.78, 5) is 49.0. The molecule has 3 saturated heterocycles. The summed E-state index contributed by atoms with van der Waals surface area (Å²) in [7, 11) is 3.87. The molecule has 248 valence electrons. The highest BCUT2D eigenvalue weighted by Crippen LogP contribution is 2.21. The molecule has 1 atom stereocenters. The van der Waals surface area contributed by atoms with Gasteiger partial charge in [0.15, 0.2) is 6.29 Å². The number of amides is 2. The van der Waals surface area contributed by atoms with Crippen LogP contribution >= 0.6 is 0 Å². The Balaban J connectivity index is 1.10. The molecule has 0 radical (unpaired) electrons. The van der Waals surface area contributed by atoms with E-state index in [1.54, 1.807) is 36.2 Å². The van der Waals surface area contributed by atoms with E-state index < -0.39 is 5.82 Å². The molecule has 1 N–H and O–H groups in total. The van der Waals surface area contributed by atoms with Crippen LogP contribution in [0.4, 0.5) is 4.39 Å². The summed E-state index contributed by atoms with van der Waals surface area (Å²) in [6.45, 7) is 10.7. The topological polar surface area (TPSA) is 91.8 Å². The highest BCUT2D eigenvalue weighted by atomic mass is 19.1. The molecular weight excluding hydrogens is 585 g/mol. The van der Waals surface area contributed by atoms with E-state index in [1.165, 1.54) is 6.07 Å². The zero-order valence-corrected chi connectivity index (χ0v) is 27.5. The molecule has 10 nitrogen and oxygen atoms in total. The summed E-state index contributed by atoms with van der Waals surface area (Å²) in [5.74, 6) is -0.190. The quantitative estimate of drug-likeness (QED) is 0.244. The third kappa shape index (κ3) is 8.37. The smallest absolute Gasteiger partial charge is 0.256 e. The number of carbonyl (C=O) groups excluding carboxylic acids is 3. The van der Waals surface area contributed by atoms with Crippen LogP contribution in [0.1, 0.15) is 51.6 Å². The molecule has 2 aromatic carbocycles. The van der Waals surface area contributed by atoms with E-state index in [0.29, 0.717) is 73.5 Å². The predicted molar refractivity (Wildman–Crippen MR) is 178 cm³/mol. The van der Waals surface area contributed by atoms with Crippen LogP contribution in [0, 0.1) is 11.7 Å². The van der Waals surface area contributed by atoms with Gasteiger partial charge in [-0.3, -0.25) is 19.3 Å². The average molecular weight is 634 g/mol. The molecule has 2 aromatic rings. The van der Waals surface area contributed by atoms with E-state index in [9.17, 15) is 18.8 Å². The van der Waals surface area contributed by atoms with Crippen LogP contribution < -0.4 is 5.43 Å². The van der Waals surface area contributed by atoms with Gasteiger partial charge in [0.2, 0.25) is 5.91 Å². The van der Waals surface area contributed by atoms with Crippen molar-refractivity contribution >= 4 is 23.8 Å². The number of piperazine rings is 2. The maximum Gasteiger partial charge on any atom is 0.256 e. The number of nitrogens with one attached hydrogen (secondary N) is 1. The highest BCUT2D eigenvalue weighted by Gasteiger charge is 2.30. The second kappa shape index (κ2) is 15.8. The van der Waals surface area contributed by atoms with E-state index >= 15 is 0 Å². The minimum atomic E-state index is -0.585. The van der Waals surface area contributed by atoms with Gasteiger partial charge in [-0.25, -0.2) is 4.39 Å². The zero-order chi connectivity index (χ0) is 32.6. The van der Waals surface area contributed by atoms with Crippen LogP contribution in [0.25, 0.3) is 0 Å². The van der Waals surface area contributed by atoms with Gasteiger partial charge >= 0.3 is 0 Å². The molecule has 46 heavy (non-hydrogen) atoms. The summed E-state index contributed by atoms with van der Waals surface area (Å²) in [5.41, 5.74) is 5.27. The lowest BCUT2D eigenvalue weighted by molar-refractivity contribution is -0.134. The van der Waals surface area contributed by atoms with Crippen molar-refractivity contribution in [2.45, 2.75) is 32.2 Å². The molecule has 3 heterocycles. The van der Waals surface area contributed by atoms with Crippen molar-refractivity contribution in [1.29, 1.82) is 0 Å². The first kappa shape index (κ1) is 33.7. The third-order valence-corrected chi connectivity index (χ3v) is 9.82. The van der Waals surface area contributed by atoms with Gasteiger partial charge in [-0.1, -0.05) is 30.3 Å². The Bertz CT molecular complexity index is 1400. The first-order chi connectivity index (χ1) is 22.2. The van der Waals surface area contributed by atoms with Gasteiger partial charge in [0.1, 0.15) is 5.82 Å². The van der Waals surface area contributed by atoms with E-state index in [4.69, 9.17) is 0 Å². The van der Waals surface area contributed by atoms with E-state index in [0.717, 1.165) is 58.4 Å². The predicted octanol–water partition coefficient (Wildman–Crippen LogP) is 2.44. The number of likely N-dealkylation sites (N-methyl/N-ethyl adjacent to an activating group) is 1. The molecule has 3 fully saturated rings. The Labute approximate surface area is 272 Å². The number of nitrogens with zero attached hydrogens (tertiary/aromatic N) is 6. The number of benzene rings is 2. The lowest BCUT2D eigenvalue weighted by Gasteiger charge is -2.41. The maximum atomic E-state index is 14.9. The van der Waals surface area contributed by atoms with Crippen LogP contribution in [-0.2, 0) is 11.2 Å². The lowest BCUT2D eigenvalue weighted by atomic mass is 9.95. The molecular formula is C35H48FN7O3. The normalized spacial score (nSPS) is 21.0. The van der Waals surface area contributed by atoms with Crippen molar-refractivity contribution in [3.63, 3.8) is 0 Å². The number of piperidine rings is 1. The van der Waals surface area contributed by atoms with Gasteiger partial charge in [0, 0.05) is 83.0 Å². The Morgan fingerprint density at radius 2 is 1.65 bits per heavy atom. The number of hydrogen-bond acceptors (Lipinski definition) is 8. The van der Waals surface area contributed by atoms with E-state index in [2.05, 4.69) is 39.2 Å². The monoisotopic (exact) mass is 633 g/mol. The fraction of sp³-hybridized carbons (Fsp3) is 0.543. The van der Waals surface area contributed by atoms with E-state index in [-0.39, 0.29) is 17.4 Å². The van der Waals surface area contributed by atoms with Gasteiger partial charge in [-0.05, 0) is 63.5 Å². The summed E-state index contributed by atoms with van der Waals surface area (Å²) in [6, 6.07) is 12.2. The molecule has 0 aliphatic carbocycles. The van der Waals surface area contributed by atoms with Gasteiger partial charge in [0.05, 0.1) is 17.8 Å². The van der Waals surface area contributed by atoms with Crippen molar-refractivity contribution in [2.75, 3.05) is 86.1 Å². The Hall–Kier alpha value is -3.67. The molecule has 2 amide bonds. The van der Waals surface area contributed by atoms with E-state index in [1.807, 2.05) is 17.0 Å². The number of hydrogen-bond donors (Lipinski definition) is 1. The van der Waals surface area contributed by atoms with Crippen molar-refractivity contribution < 1.29 is 18.8 Å². The molecule has 3 aliphatic heterocycles. The van der Waals surface area contributed by atoms with Crippen LogP contribution in [0.5, 0.6) is 0 Å². The minimum absolute atomic E-state index is 0.00124. The first-order valence-corrected chi connectivity index (χ1v) is 16.5. The first-order valence-electron chi connectivity index (χ1n) is 16.5. The average Bonchev–Trinajstić information content (AvgIpc) is 3.07. The second-order valence-corrected chi connectivity index (χ2v) is 13.0. The fourth-order valence-corrected chi connectivity index (χ4v) is 6.83. The molecule has 0 aromatic heterocycles. The molecule has 5 rings (SSSR count). The maximum absolute atomic E-state index is 14.9. The summed E-state index contributed by atoms with van der Waals surface area (Å²) < 4.78 is 14.9. The van der Waals surface area contributed by atoms with Gasteiger partial charge in [-0.15, -0.1) is 0 Å². The minimum Gasteiger partial charge on any atom is -0.338 e. The van der Waals surface area contributed by atoms with Crippen molar-refractivity contribution in [1.82, 2.24) is 29.9 Å². The number of likely N-dealkylation sites (tertiary alicyclic amines) is 1. The molecule has 1 unspecified atom stereocenters. The Kier molecular flexibility index (Phi) is 11.5. The Morgan fingerprint density at radius 1 is 0.935 bits per heavy atom. The van der Waals surface area contributed by atoms with Gasteiger partial charge in [-0.2, -0.15) is 5.10 Å². The second-order valence-electron chi connectivity index (χ2n) is 13.0. The van der Waals surface area contributed by atoms with Crippen LogP contribution in [0.15, 0.2) is 47.6 Å².